The number of rotatable bonds is 5. The third kappa shape index (κ3) is 4.48. The van der Waals surface area contributed by atoms with Gasteiger partial charge in [-0.1, -0.05) is 78.9 Å². The van der Waals surface area contributed by atoms with Gasteiger partial charge in [0.05, 0.1) is 6.21 Å². The topological polar surface area (TPSA) is 41.8 Å². The Morgan fingerprint density at radius 1 is 0.760 bits per heavy atom. The van der Waals surface area contributed by atoms with E-state index in [0.717, 1.165) is 14.7 Å². The molecular formula is C21H15IN2O. The quantitative estimate of drug-likeness (QED) is 0.239. The van der Waals surface area contributed by atoms with Crippen LogP contribution >= 0.6 is 22.6 Å². The number of hydrogen-bond acceptors (Lipinski definition) is 3. The van der Waals surface area contributed by atoms with Crippen LogP contribution in [-0.2, 0) is 0 Å². The van der Waals surface area contributed by atoms with E-state index in [1.165, 1.54) is 0 Å². The lowest BCUT2D eigenvalue weighted by Gasteiger charge is -2.04. The summed E-state index contributed by atoms with van der Waals surface area (Å²) >= 11 is 2.25. The van der Waals surface area contributed by atoms with Crippen molar-refractivity contribution in [1.82, 2.24) is 0 Å². The predicted molar refractivity (Wildman–Crippen MR) is 111 cm³/mol. The molecule has 0 aliphatic rings. The molecule has 3 aromatic rings. The minimum absolute atomic E-state index is 0.147. The molecule has 3 rings (SSSR count). The monoisotopic (exact) mass is 438 g/mol. The molecule has 4 heteroatoms. The van der Waals surface area contributed by atoms with Crippen molar-refractivity contribution in [3.05, 3.63) is 105 Å². The fourth-order valence-electron chi connectivity index (χ4n) is 2.29. The van der Waals surface area contributed by atoms with Crippen LogP contribution in [0.3, 0.4) is 0 Å². The van der Waals surface area contributed by atoms with Gasteiger partial charge in [-0.25, -0.2) is 0 Å². The molecule has 0 saturated heterocycles. The summed E-state index contributed by atoms with van der Waals surface area (Å²) in [5.41, 5.74) is 2.63. The largest absolute Gasteiger partial charge is 0.287 e. The van der Waals surface area contributed by atoms with Crippen molar-refractivity contribution in [1.29, 1.82) is 0 Å². The van der Waals surface area contributed by atoms with E-state index in [9.17, 15) is 4.79 Å². The first-order valence-electron chi connectivity index (χ1n) is 7.76. The first-order valence-corrected chi connectivity index (χ1v) is 8.84. The molecular weight excluding hydrogens is 423 g/mol. The summed E-state index contributed by atoms with van der Waals surface area (Å²) in [6, 6.07) is 26.4. The summed E-state index contributed by atoms with van der Waals surface area (Å²) in [4.78, 5) is 12.8. The number of benzene rings is 3. The van der Waals surface area contributed by atoms with Crippen LogP contribution in [0.5, 0.6) is 0 Å². The Hall–Kier alpha value is -2.60. The maximum Gasteiger partial charge on any atom is 0.213 e. The number of nitrogens with zero attached hydrogens (tertiary/aromatic N) is 2. The van der Waals surface area contributed by atoms with Crippen molar-refractivity contribution >= 4 is 40.3 Å². The molecule has 0 amide bonds. The van der Waals surface area contributed by atoms with Gasteiger partial charge >= 0.3 is 0 Å². The first-order chi connectivity index (χ1) is 12.3. The number of ketones is 1. The summed E-state index contributed by atoms with van der Waals surface area (Å²) in [6.07, 6.45) is 1.67. The van der Waals surface area contributed by atoms with Crippen molar-refractivity contribution in [3.8, 4) is 0 Å². The third-order valence-corrected chi connectivity index (χ3v) is 4.54. The fraction of sp³-hybridized carbons (Fsp3) is 0. The van der Waals surface area contributed by atoms with Gasteiger partial charge in [-0.3, -0.25) is 4.79 Å². The van der Waals surface area contributed by atoms with Crippen LogP contribution < -0.4 is 0 Å². The predicted octanol–water partition coefficient (Wildman–Crippen LogP) is 5.00. The van der Waals surface area contributed by atoms with Crippen LogP contribution in [0.4, 0.5) is 0 Å². The van der Waals surface area contributed by atoms with Gasteiger partial charge in [-0.05, 0) is 28.7 Å². The Balaban J connectivity index is 1.97. The van der Waals surface area contributed by atoms with E-state index in [4.69, 9.17) is 0 Å². The molecule has 0 N–H and O–H groups in total. The second-order valence-electron chi connectivity index (χ2n) is 5.28. The summed E-state index contributed by atoms with van der Waals surface area (Å²) in [5, 5.41) is 8.40. The van der Waals surface area contributed by atoms with Crippen molar-refractivity contribution < 1.29 is 4.79 Å². The smallest absolute Gasteiger partial charge is 0.213 e. The lowest BCUT2D eigenvalue weighted by Crippen LogP contribution is -2.15. The number of carbonyl (C=O) groups excluding carboxylic acids is 1. The van der Waals surface area contributed by atoms with Crippen molar-refractivity contribution in [2.24, 2.45) is 10.2 Å². The molecule has 0 unspecified atom stereocenters. The van der Waals surface area contributed by atoms with E-state index in [2.05, 4.69) is 32.8 Å². The summed E-state index contributed by atoms with van der Waals surface area (Å²) < 4.78 is 1.08. The molecule has 0 aromatic heterocycles. The molecule has 0 radical (unpaired) electrons. The Bertz CT molecular complexity index is 919. The van der Waals surface area contributed by atoms with Crippen LogP contribution in [-0.4, -0.2) is 17.7 Å². The van der Waals surface area contributed by atoms with Gasteiger partial charge in [0.25, 0.3) is 0 Å². The Labute approximate surface area is 160 Å². The van der Waals surface area contributed by atoms with E-state index in [1.807, 2.05) is 72.8 Å². The normalized spacial score (nSPS) is 11.6. The molecule has 0 saturated carbocycles. The minimum Gasteiger partial charge on any atom is -0.287 e. The number of Topliss-reactive ketones (excluding diaryl/α,β-unsaturated/α-hetero) is 1. The average molecular weight is 438 g/mol. The zero-order valence-corrected chi connectivity index (χ0v) is 15.5. The highest BCUT2D eigenvalue weighted by Gasteiger charge is 2.15. The molecule has 3 nitrogen and oxygen atoms in total. The highest BCUT2D eigenvalue weighted by molar-refractivity contribution is 14.1. The number of carbonyl (C=O) groups is 1. The van der Waals surface area contributed by atoms with E-state index in [0.29, 0.717) is 11.3 Å². The van der Waals surface area contributed by atoms with E-state index in [1.54, 1.807) is 18.3 Å². The highest BCUT2D eigenvalue weighted by Crippen LogP contribution is 2.11. The van der Waals surface area contributed by atoms with Gasteiger partial charge in [-0.15, -0.1) is 5.10 Å². The fourth-order valence-corrected chi connectivity index (χ4v) is 2.81. The molecule has 0 bridgehead atoms. The molecule has 0 aliphatic heterocycles. The van der Waals surface area contributed by atoms with Crippen LogP contribution in [0.2, 0.25) is 0 Å². The Kier molecular flexibility index (Phi) is 5.85. The standard InChI is InChI=1S/C21H15IN2O/c22-19-14-8-7-13-18(19)15-23-24-20(16-9-3-1-4-10-16)21(25)17-11-5-2-6-12-17/h1-15H. The van der Waals surface area contributed by atoms with Crippen molar-refractivity contribution in [3.63, 3.8) is 0 Å². The third-order valence-electron chi connectivity index (χ3n) is 3.56. The van der Waals surface area contributed by atoms with E-state index < -0.39 is 0 Å². The van der Waals surface area contributed by atoms with Crippen LogP contribution in [0.1, 0.15) is 21.5 Å². The molecule has 25 heavy (non-hydrogen) atoms. The lowest BCUT2D eigenvalue weighted by atomic mass is 10.0. The summed E-state index contributed by atoms with van der Waals surface area (Å²) in [7, 11) is 0. The van der Waals surface area contributed by atoms with Gasteiger partial charge in [0.2, 0.25) is 5.78 Å². The van der Waals surface area contributed by atoms with Crippen LogP contribution in [0, 0.1) is 3.57 Å². The maximum atomic E-state index is 12.8. The van der Waals surface area contributed by atoms with Crippen LogP contribution in [0.25, 0.3) is 0 Å². The van der Waals surface area contributed by atoms with Crippen LogP contribution in [0.15, 0.2) is 95.1 Å². The SMILES string of the molecule is O=C(C(=NN=Cc1ccccc1I)c1ccccc1)c1ccccc1. The number of halogens is 1. The molecule has 0 atom stereocenters. The van der Waals surface area contributed by atoms with E-state index >= 15 is 0 Å². The van der Waals surface area contributed by atoms with Gasteiger partial charge in [0, 0.05) is 20.3 Å². The molecule has 0 aliphatic carbocycles. The minimum atomic E-state index is -0.147. The van der Waals surface area contributed by atoms with Crippen molar-refractivity contribution in [2.45, 2.75) is 0 Å². The van der Waals surface area contributed by atoms with Gasteiger partial charge in [0.1, 0.15) is 5.71 Å². The zero-order chi connectivity index (χ0) is 17.5. The molecule has 0 heterocycles. The molecule has 0 fully saturated rings. The Morgan fingerprint density at radius 2 is 1.32 bits per heavy atom. The summed E-state index contributed by atoms with van der Waals surface area (Å²) in [5.74, 6) is -0.147. The zero-order valence-electron chi connectivity index (χ0n) is 13.3. The molecule has 0 spiro atoms. The molecule has 122 valence electrons. The van der Waals surface area contributed by atoms with Gasteiger partial charge < -0.3 is 0 Å². The first kappa shape index (κ1) is 17.2. The van der Waals surface area contributed by atoms with Crippen molar-refractivity contribution in [2.75, 3.05) is 0 Å². The van der Waals surface area contributed by atoms with E-state index in [-0.39, 0.29) is 5.78 Å². The average Bonchev–Trinajstić information content (AvgIpc) is 2.67. The lowest BCUT2D eigenvalue weighted by molar-refractivity contribution is 0.106. The second kappa shape index (κ2) is 8.48. The highest BCUT2D eigenvalue weighted by atomic mass is 127. The molecule has 3 aromatic carbocycles. The maximum absolute atomic E-state index is 12.8. The van der Waals surface area contributed by atoms with Gasteiger partial charge in [0.15, 0.2) is 0 Å². The number of hydrogen-bond donors (Lipinski definition) is 0. The van der Waals surface area contributed by atoms with Gasteiger partial charge in [-0.2, -0.15) is 5.10 Å². The summed E-state index contributed by atoms with van der Waals surface area (Å²) in [6.45, 7) is 0. The second-order valence-corrected chi connectivity index (χ2v) is 6.44. The Morgan fingerprint density at radius 3 is 1.96 bits per heavy atom.